The smallest absolute Gasteiger partial charge is 0.325 e. The molecule has 1 aliphatic rings. The first kappa shape index (κ1) is 14.3. The Morgan fingerprint density at radius 3 is 2.70 bits per heavy atom. The van der Waals surface area contributed by atoms with Crippen molar-refractivity contribution in [3.8, 4) is 5.75 Å². The zero-order valence-electron chi connectivity index (χ0n) is 11.4. The Bertz CT molecular complexity index is 514. The average Bonchev–Trinajstić information content (AvgIpc) is 2.86. The molecular formula is C16H19NO3. The van der Waals surface area contributed by atoms with Crippen LogP contribution in [0.4, 0.5) is 0 Å². The lowest BCUT2D eigenvalue weighted by Gasteiger charge is -2.27. The molecule has 1 atom stereocenters. The van der Waals surface area contributed by atoms with Gasteiger partial charge in [0, 0.05) is 19.5 Å². The zero-order chi connectivity index (χ0) is 14.5. The van der Waals surface area contributed by atoms with Gasteiger partial charge in [0.15, 0.2) is 0 Å². The fourth-order valence-corrected chi connectivity index (χ4v) is 2.50. The van der Waals surface area contributed by atoms with Gasteiger partial charge in [-0.05, 0) is 23.3 Å². The second-order valence-electron chi connectivity index (χ2n) is 4.74. The van der Waals surface area contributed by atoms with Crippen LogP contribution in [0.25, 0.3) is 0 Å². The fourth-order valence-electron chi connectivity index (χ4n) is 2.50. The molecule has 1 N–H and O–H groups in total. The van der Waals surface area contributed by atoms with Crippen molar-refractivity contribution in [1.29, 1.82) is 0 Å². The molecule has 4 heteroatoms. The summed E-state index contributed by atoms with van der Waals surface area (Å²) in [5.41, 5.74) is 1.84. The third-order valence-corrected chi connectivity index (χ3v) is 3.36. The van der Waals surface area contributed by atoms with Gasteiger partial charge in [-0.2, -0.15) is 0 Å². The topological polar surface area (TPSA) is 49.8 Å². The maximum Gasteiger partial charge on any atom is 0.325 e. The Labute approximate surface area is 119 Å². The van der Waals surface area contributed by atoms with E-state index in [1.165, 1.54) is 0 Å². The van der Waals surface area contributed by atoms with Gasteiger partial charge in [-0.15, -0.1) is 13.2 Å². The normalized spacial score (nSPS) is 14.4. The molecule has 1 aromatic carbocycles. The molecule has 106 valence electrons. The van der Waals surface area contributed by atoms with E-state index in [4.69, 9.17) is 4.74 Å². The van der Waals surface area contributed by atoms with E-state index >= 15 is 0 Å². The van der Waals surface area contributed by atoms with Crippen molar-refractivity contribution in [1.82, 2.24) is 4.90 Å². The molecule has 20 heavy (non-hydrogen) atoms. The molecule has 1 aromatic rings. The van der Waals surface area contributed by atoms with Gasteiger partial charge >= 0.3 is 5.97 Å². The lowest BCUT2D eigenvalue weighted by atomic mass is 10.0. The predicted molar refractivity (Wildman–Crippen MR) is 78.0 cm³/mol. The summed E-state index contributed by atoms with van der Waals surface area (Å²) in [6.07, 6.45) is 4.24. The number of nitrogens with zero attached hydrogens (tertiary/aromatic N) is 1. The lowest BCUT2D eigenvalue weighted by molar-refractivity contribution is -0.143. The van der Waals surface area contributed by atoms with Crippen molar-refractivity contribution in [2.24, 2.45) is 0 Å². The minimum absolute atomic E-state index is 0.497. The number of carboxylic acid groups (broad SMARTS) is 1. The summed E-state index contributed by atoms with van der Waals surface area (Å²) in [7, 11) is 0. The first-order valence-corrected chi connectivity index (χ1v) is 6.61. The molecule has 0 aliphatic carbocycles. The highest BCUT2D eigenvalue weighted by molar-refractivity contribution is 5.76. The quantitative estimate of drug-likeness (QED) is 0.775. The van der Waals surface area contributed by atoms with Crippen molar-refractivity contribution in [3.05, 3.63) is 54.6 Å². The van der Waals surface area contributed by atoms with Crippen LogP contribution in [0.3, 0.4) is 0 Å². The highest BCUT2D eigenvalue weighted by atomic mass is 16.5. The fraction of sp³-hybridized carbons (Fsp3) is 0.312. The van der Waals surface area contributed by atoms with Crippen molar-refractivity contribution in [3.63, 3.8) is 0 Å². The minimum Gasteiger partial charge on any atom is -0.493 e. The molecule has 0 spiro atoms. The molecule has 2 rings (SSSR count). The number of ether oxygens (including phenoxy) is 1. The third kappa shape index (κ3) is 2.91. The number of rotatable bonds is 7. The lowest BCUT2D eigenvalue weighted by Crippen LogP contribution is -2.34. The molecule has 0 radical (unpaired) electrons. The van der Waals surface area contributed by atoms with Crippen LogP contribution in [0.1, 0.15) is 17.2 Å². The van der Waals surface area contributed by atoms with Crippen molar-refractivity contribution < 1.29 is 14.6 Å². The number of hydrogen-bond donors (Lipinski definition) is 1. The monoisotopic (exact) mass is 273 g/mol. The van der Waals surface area contributed by atoms with Gasteiger partial charge in [0.05, 0.1) is 6.61 Å². The van der Waals surface area contributed by atoms with Crippen molar-refractivity contribution in [2.75, 3.05) is 19.7 Å². The number of carbonyl (C=O) groups is 1. The van der Waals surface area contributed by atoms with Crippen LogP contribution in [0.15, 0.2) is 43.5 Å². The first-order chi connectivity index (χ1) is 9.67. The van der Waals surface area contributed by atoms with Gasteiger partial charge in [-0.1, -0.05) is 18.2 Å². The summed E-state index contributed by atoms with van der Waals surface area (Å²) in [6, 6.07) is 4.91. The third-order valence-electron chi connectivity index (χ3n) is 3.36. The summed E-state index contributed by atoms with van der Waals surface area (Å²) in [5.74, 6) is -0.00977. The van der Waals surface area contributed by atoms with Gasteiger partial charge in [0.1, 0.15) is 11.8 Å². The number of fused-ring (bicyclic) bond motifs is 1. The van der Waals surface area contributed by atoms with E-state index in [-0.39, 0.29) is 0 Å². The summed E-state index contributed by atoms with van der Waals surface area (Å²) in [5, 5.41) is 9.56. The molecule has 0 fully saturated rings. The van der Waals surface area contributed by atoms with E-state index in [1.807, 2.05) is 23.1 Å². The van der Waals surface area contributed by atoms with E-state index in [2.05, 4.69) is 13.2 Å². The van der Waals surface area contributed by atoms with Crippen LogP contribution < -0.4 is 4.74 Å². The van der Waals surface area contributed by atoms with E-state index in [1.54, 1.807) is 12.2 Å². The summed E-state index contributed by atoms with van der Waals surface area (Å²) < 4.78 is 5.46. The Morgan fingerprint density at radius 1 is 1.40 bits per heavy atom. The van der Waals surface area contributed by atoms with E-state index in [9.17, 15) is 9.90 Å². The van der Waals surface area contributed by atoms with Crippen LogP contribution >= 0.6 is 0 Å². The molecule has 0 unspecified atom stereocenters. The van der Waals surface area contributed by atoms with E-state index < -0.39 is 12.0 Å². The van der Waals surface area contributed by atoms with Gasteiger partial charge in [0.2, 0.25) is 0 Å². The Morgan fingerprint density at radius 2 is 2.10 bits per heavy atom. The summed E-state index contributed by atoms with van der Waals surface area (Å²) in [6.45, 7) is 9.03. The standard InChI is InChI=1S/C16H19NO3/c1-3-8-17(9-4-2)15(16(18)19)13-5-6-14-12(11-13)7-10-20-14/h3-6,11,15H,1-2,7-10H2,(H,18,19)/t15-/m0/s1. The summed E-state index contributed by atoms with van der Waals surface area (Å²) >= 11 is 0. The van der Waals surface area contributed by atoms with Crippen LogP contribution in [0.5, 0.6) is 5.75 Å². The van der Waals surface area contributed by atoms with Gasteiger partial charge in [-0.3, -0.25) is 9.69 Å². The van der Waals surface area contributed by atoms with Crippen LogP contribution in [-0.4, -0.2) is 35.7 Å². The zero-order valence-corrected chi connectivity index (χ0v) is 11.4. The van der Waals surface area contributed by atoms with E-state index in [0.717, 1.165) is 23.3 Å². The largest absolute Gasteiger partial charge is 0.493 e. The van der Waals surface area contributed by atoms with Crippen LogP contribution in [0, 0.1) is 0 Å². The Hall–Kier alpha value is -2.07. The Kier molecular flexibility index (Phi) is 4.58. The molecule has 0 saturated heterocycles. The minimum atomic E-state index is -0.868. The number of aliphatic carboxylic acids is 1. The maximum atomic E-state index is 11.6. The first-order valence-electron chi connectivity index (χ1n) is 6.61. The van der Waals surface area contributed by atoms with Crippen molar-refractivity contribution >= 4 is 5.97 Å². The molecular weight excluding hydrogens is 254 g/mol. The second kappa shape index (κ2) is 6.39. The number of hydrogen-bond acceptors (Lipinski definition) is 3. The van der Waals surface area contributed by atoms with Crippen molar-refractivity contribution in [2.45, 2.75) is 12.5 Å². The van der Waals surface area contributed by atoms with Gasteiger partial charge < -0.3 is 9.84 Å². The SMILES string of the molecule is C=CCN(CC=C)[C@H](C(=O)O)c1ccc2c(c1)CCO2. The number of carboxylic acids is 1. The molecule has 0 saturated carbocycles. The molecule has 1 aliphatic heterocycles. The van der Waals surface area contributed by atoms with E-state index in [0.29, 0.717) is 19.7 Å². The van der Waals surface area contributed by atoms with Crippen LogP contribution in [-0.2, 0) is 11.2 Å². The molecule has 0 bridgehead atoms. The highest BCUT2D eigenvalue weighted by Gasteiger charge is 2.27. The Balaban J connectivity index is 2.34. The van der Waals surface area contributed by atoms with Crippen LogP contribution in [0.2, 0.25) is 0 Å². The average molecular weight is 273 g/mol. The van der Waals surface area contributed by atoms with Gasteiger partial charge in [-0.25, -0.2) is 0 Å². The highest BCUT2D eigenvalue weighted by Crippen LogP contribution is 2.30. The summed E-state index contributed by atoms with van der Waals surface area (Å²) in [4.78, 5) is 13.5. The molecule has 0 amide bonds. The van der Waals surface area contributed by atoms with Gasteiger partial charge in [0.25, 0.3) is 0 Å². The maximum absolute atomic E-state index is 11.6. The second-order valence-corrected chi connectivity index (χ2v) is 4.74. The molecule has 1 heterocycles. The number of benzene rings is 1. The predicted octanol–water partition coefficient (Wildman–Crippen LogP) is 2.42. The molecule has 4 nitrogen and oxygen atoms in total. The molecule has 0 aromatic heterocycles.